The van der Waals surface area contributed by atoms with Crippen molar-refractivity contribution >= 4 is 23.3 Å². The Labute approximate surface area is 141 Å². The minimum absolute atomic E-state index is 0.0311. The summed E-state index contributed by atoms with van der Waals surface area (Å²) < 4.78 is 10.6. The quantitative estimate of drug-likeness (QED) is 0.296. The molecule has 0 bridgehead atoms. The molecule has 0 saturated heterocycles. The summed E-state index contributed by atoms with van der Waals surface area (Å²) in [5.41, 5.74) is 0.477. The fourth-order valence-corrected chi connectivity index (χ4v) is 2.30. The lowest BCUT2D eigenvalue weighted by atomic mass is 10.2. The third kappa shape index (κ3) is 3.28. The summed E-state index contributed by atoms with van der Waals surface area (Å²) in [6.07, 6.45) is 0. The summed E-state index contributed by atoms with van der Waals surface area (Å²) in [6.45, 7) is 0. The number of hydrogen-bond acceptors (Lipinski definition) is 5. The van der Waals surface area contributed by atoms with Crippen LogP contribution >= 0.6 is 11.6 Å². The molecule has 0 atom stereocenters. The molecule has 0 fully saturated rings. The SMILES string of the molecule is O=C(Oc1cccc([N+](=O)[O-])c1)c1ccc(-c2ccccc2Cl)o1. The van der Waals surface area contributed by atoms with Gasteiger partial charge in [-0.05, 0) is 30.3 Å². The molecule has 2 aromatic carbocycles. The number of rotatable bonds is 4. The van der Waals surface area contributed by atoms with Crippen molar-refractivity contribution < 1.29 is 18.9 Å². The van der Waals surface area contributed by atoms with E-state index < -0.39 is 10.9 Å². The van der Waals surface area contributed by atoms with Gasteiger partial charge in [0.1, 0.15) is 11.5 Å². The van der Waals surface area contributed by atoms with Crippen LogP contribution in [0.25, 0.3) is 11.3 Å². The largest absolute Gasteiger partial charge is 0.449 e. The maximum Gasteiger partial charge on any atom is 0.379 e. The summed E-state index contributed by atoms with van der Waals surface area (Å²) in [7, 11) is 0. The number of benzene rings is 2. The van der Waals surface area contributed by atoms with Crippen LogP contribution < -0.4 is 4.74 Å². The number of furan rings is 1. The highest BCUT2D eigenvalue weighted by atomic mass is 35.5. The number of carbonyl (C=O) groups is 1. The molecule has 0 radical (unpaired) electrons. The zero-order valence-corrected chi connectivity index (χ0v) is 12.9. The zero-order chi connectivity index (χ0) is 17.1. The average molecular weight is 344 g/mol. The Hall–Kier alpha value is -3.12. The average Bonchev–Trinajstić information content (AvgIpc) is 3.05. The van der Waals surface area contributed by atoms with Crippen LogP contribution in [0.5, 0.6) is 5.75 Å². The number of carbonyl (C=O) groups excluding carboxylic acids is 1. The van der Waals surface area contributed by atoms with Gasteiger partial charge in [-0.1, -0.05) is 29.8 Å². The van der Waals surface area contributed by atoms with E-state index in [2.05, 4.69) is 0 Å². The second-order valence-electron chi connectivity index (χ2n) is 4.79. The number of nitro groups is 1. The Morgan fingerprint density at radius 1 is 1.08 bits per heavy atom. The third-order valence-corrected chi connectivity index (χ3v) is 3.52. The standard InChI is InChI=1S/C17H10ClNO5/c18-14-7-2-1-6-13(14)15-8-9-16(24-15)17(20)23-12-5-3-4-11(10-12)19(21)22/h1-10H. The van der Waals surface area contributed by atoms with Crippen LogP contribution in [0.3, 0.4) is 0 Å². The Kier molecular flexibility index (Phi) is 4.31. The molecule has 0 saturated carbocycles. The van der Waals surface area contributed by atoms with Crippen molar-refractivity contribution in [3.8, 4) is 17.1 Å². The second-order valence-corrected chi connectivity index (χ2v) is 5.19. The molecule has 0 aliphatic heterocycles. The molecule has 24 heavy (non-hydrogen) atoms. The monoisotopic (exact) mass is 343 g/mol. The molecule has 3 aromatic rings. The first-order chi connectivity index (χ1) is 11.5. The number of non-ortho nitro benzene ring substituents is 1. The maximum atomic E-state index is 12.1. The molecule has 0 aliphatic rings. The molecule has 0 aliphatic carbocycles. The number of halogens is 1. The predicted octanol–water partition coefficient (Wildman–Crippen LogP) is 4.73. The van der Waals surface area contributed by atoms with Gasteiger partial charge < -0.3 is 9.15 Å². The normalized spacial score (nSPS) is 10.4. The molecule has 0 spiro atoms. The Morgan fingerprint density at radius 3 is 2.62 bits per heavy atom. The molecule has 0 amide bonds. The first-order valence-electron chi connectivity index (χ1n) is 6.86. The van der Waals surface area contributed by atoms with Crippen LogP contribution in [0.4, 0.5) is 5.69 Å². The van der Waals surface area contributed by atoms with Gasteiger partial charge in [0.05, 0.1) is 16.0 Å². The topological polar surface area (TPSA) is 82.6 Å². The van der Waals surface area contributed by atoms with E-state index in [4.69, 9.17) is 20.8 Å². The molecule has 0 N–H and O–H groups in total. The predicted molar refractivity (Wildman–Crippen MR) is 87.2 cm³/mol. The molecule has 6 nitrogen and oxygen atoms in total. The molecular formula is C17H10ClNO5. The summed E-state index contributed by atoms with van der Waals surface area (Å²) in [5, 5.41) is 11.2. The zero-order valence-electron chi connectivity index (χ0n) is 12.1. The number of nitrogens with zero attached hydrogens (tertiary/aromatic N) is 1. The van der Waals surface area contributed by atoms with Crippen LogP contribution in [0, 0.1) is 10.1 Å². The van der Waals surface area contributed by atoms with E-state index in [1.54, 1.807) is 30.3 Å². The summed E-state index contributed by atoms with van der Waals surface area (Å²) >= 11 is 6.08. The van der Waals surface area contributed by atoms with Crippen molar-refractivity contribution in [3.05, 3.63) is 81.6 Å². The smallest absolute Gasteiger partial charge is 0.379 e. The molecule has 120 valence electrons. The number of ether oxygens (including phenoxy) is 1. The van der Waals surface area contributed by atoms with E-state index in [-0.39, 0.29) is 17.2 Å². The van der Waals surface area contributed by atoms with Crippen molar-refractivity contribution in [2.24, 2.45) is 0 Å². The van der Waals surface area contributed by atoms with Crippen molar-refractivity contribution in [1.29, 1.82) is 0 Å². The van der Waals surface area contributed by atoms with E-state index in [1.165, 1.54) is 24.3 Å². The molecule has 1 heterocycles. The van der Waals surface area contributed by atoms with Crippen LogP contribution in [0.2, 0.25) is 5.02 Å². The fourth-order valence-electron chi connectivity index (χ4n) is 2.07. The van der Waals surface area contributed by atoms with Crippen LogP contribution in [0.1, 0.15) is 10.6 Å². The Bertz CT molecular complexity index is 919. The van der Waals surface area contributed by atoms with Crippen molar-refractivity contribution in [2.75, 3.05) is 0 Å². The summed E-state index contributed by atoms with van der Waals surface area (Å²) in [6, 6.07) is 15.5. The molecule has 0 unspecified atom stereocenters. The van der Waals surface area contributed by atoms with Crippen LogP contribution in [0.15, 0.2) is 65.1 Å². The lowest BCUT2D eigenvalue weighted by molar-refractivity contribution is -0.384. The highest BCUT2D eigenvalue weighted by Gasteiger charge is 2.17. The van der Waals surface area contributed by atoms with Gasteiger partial charge in [-0.3, -0.25) is 10.1 Å². The number of nitro benzene ring substituents is 1. The van der Waals surface area contributed by atoms with E-state index in [1.807, 2.05) is 0 Å². The lowest BCUT2D eigenvalue weighted by Crippen LogP contribution is -2.07. The van der Waals surface area contributed by atoms with Crippen LogP contribution in [-0.2, 0) is 0 Å². The van der Waals surface area contributed by atoms with Gasteiger partial charge in [0.15, 0.2) is 0 Å². The Morgan fingerprint density at radius 2 is 1.88 bits per heavy atom. The van der Waals surface area contributed by atoms with Crippen molar-refractivity contribution in [2.45, 2.75) is 0 Å². The van der Waals surface area contributed by atoms with Crippen molar-refractivity contribution in [3.63, 3.8) is 0 Å². The number of hydrogen-bond donors (Lipinski definition) is 0. The van der Waals surface area contributed by atoms with E-state index in [9.17, 15) is 14.9 Å². The van der Waals surface area contributed by atoms with Gasteiger partial charge in [-0.2, -0.15) is 0 Å². The molecular weight excluding hydrogens is 334 g/mol. The molecule has 3 rings (SSSR count). The fraction of sp³-hybridized carbons (Fsp3) is 0. The minimum atomic E-state index is -0.756. The maximum absolute atomic E-state index is 12.1. The molecule has 1 aromatic heterocycles. The minimum Gasteiger partial charge on any atom is -0.449 e. The van der Waals surface area contributed by atoms with Gasteiger partial charge in [-0.25, -0.2) is 4.79 Å². The van der Waals surface area contributed by atoms with E-state index >= 15 is 0 Å². The van der Waals surface area contributed by atoms with E-state index in [0.717, 1.165) is 6.07 Å². The van der Waals surface area contributed by atoms with Gasteiger partial charge in [0.2, 0.25) is 5.76 Å². The van der Waals surface area contributed by atoms with Gasteiger partial charge in [-0.15, -0.1) is 0 Å². The first-order valence-corrected chi connectivity index (χ1v) is 7.24. The van der Waals surface area contributed by atoms with Gasteiger partial charge in [0, 0.05) is 11.6 Å². The van der Waals surface area contributed by atoms with Gasteiger partial charge in [0.25, 0.3) is 5.69 Å². The second kappa shape index (κ2) is 6.55. The lowest BCUT2D eigenvalue weighted by Gasteiger charge is -2.02. The number of esters is 1. The molecule has 7 heteroatoms. The highest BCUT2D eigenvalue weighted by molar-refractivity contribution is 6.33. The highest BCUT2D eigenvalue weighted by Crippen LogP contribution is 2.29. The van der Waals surface area contributed by atoms with Crippen molar-refractivity contribution in [1.82, 2.24) is 0 Å². The summed E-state index contributed by atoms with van der Waals surface area (Å²) in [4.78, 5) is 22.3. The van der Waals surface area contributed by atoms with E-state index in [0.29, 0.717) is 16.3 Å². The van der Waals surface area contributed by atoms with Gasteiger partial charge >= 0.3 is 5.97 Å². The third-order valence-electron chi connectivity index (χ3n) is 3.19. The van der Waals surface area contributed by atoms with Crippen LogP contribution in [-0.4, -0.2) is 10.9 Å². The Balaban J connectivity index is 1.81. The first kappa shape index (κ1) is 15.8. The summed E-state index contributed by atoms with van der Waals surface area (Å²) in [5.74, 6) is -0.304.